The number of nitrogens with zero attached hydrogens (tertiary/aromatic N) is 2. The Morgan fingerprint density at radius 3 is 1.90 bits per heavy atom. The molecule has 2 nitrogen and oxygen atoms in total. The van der Waals surface area contributed by atoms with Crippen molar-refractivity contribution >= 4 is 55.7 Å². The van der Waals surface area contributed by atoms with Crippen LogP contribution in [0.1, 0.15) is 22.9 Å². The molecule has 0 amide bonds. The zero-order chi connectivity index (χ0) is 32.1. The lowest BCUT2D eigenvalue weighted by Gasteiger charge is -2.38. The predicted molar refractivity (Wildman–Crippen MR) is 205 cm³/mol. The van der Waals surface area contributed by atoms with Crippen molar-refractivity contribution in [3.63, 3.8) is 0 Å². The maximum atomic E-state index is 5.51. The average Bonchev–Trinajstić information content (AvgIpc) is 3.54. The highest BCUT2D eigenvalue weighted by Crippen LogP contribution is 2.46. The van der Waals surface area contributed by atoms with E-state index in [1.54, 1.807) is 0 Å². The Kier molecular flexibility index (Phi) is 5.56. The molecule has 9 aromatic rings. The summed E-state index contributed by atoms with van der Waals surface area (Å²) in [6.45, 7) is 0.0324. The molecule has 226 valence electrons. The summed E-state index contributed by atoms with van der Waals surface area (Å²) in [6, 6.07) is 62.6. The minimum Gasteiger partial charge on any atom is -0.295 e. The first-order chi connectivity index (χ1) is 24.3. The van der Waals surface area contributed by atoms with Gasteiger partial charge in [-0.05, 0) is 67.7 Å². The highest BCUT2D eigenvalue weighted by molar-refractivity contribution is 6.98. The highest BCUT2D eigenvalue weighted by atomic mass is 15.1. The average molecular weight is 621 g/mol. The van der Waals surface area contributed by atoms with Gasteiger partial charge in [0.1, 0.15) is 5.82 Å². The van der Waals surface area contributed by atoms with Crippen molar-refractivity contribution in [1.29, 1.82) is 0 Å². The molecule has 0 bridgehead atoms. The van der Waals surface area contributed by atoms with Crippen molar-refractivity contribution in [3.05, 3.63) is 187 Å². The van der Waals surface area contributed by atoms with Crippen molar-refractivity contribution in [3.8, 4) is 27.9 Å². The standard InChI is InChI=1S/C46H29BN2/c1-3-13-29(14-4-1)34-21-12-22-35(30-15-5-2-6-16-30)45(34)47-37-23-10-9-20-36(37)43-44-38(47)26-25-31-19-11-24-40(42(31)44)49-41-28-33-18-8-7-17-32(33)27-39(41)48-46(43)49/h1-28,43H. The number of aromatic nitrogens is 2. The normalized spacial score (nSPS) is 14.3. The van der Waals surface area contributed by atoms with Crippen molar-refractivity contribution in [2.75, 3.05) is 0 Å². The van der Waals surface area contributed by atoms with Crippen LogP contribution in [-0.2, 0) is 0 Å². The number of hydrogen-bond donors (Lipinski definition) is 0. The van der Waals surface area contributed by atoms with E-state index in [1.165, 1.54) is 77.0 Å². The third-order valence-electron chi connectivity index (χ3n) is 10.9. The molecule has 2 aliphatic heterocycles. The third-order valence-corrected chi connectivity index (χ3v) is 10.9. The highest BCUT2D eigenvalue weighted by Gasteiger charge is 2.43. The molecule has 0 fully saturated rings. The summed E-state index contributed by atoms with van der Waals surface area (Å²) in [5, 5.41) is 5.06. The van der Waals surface area contributed by atoms with E-state index < -0.39 is 0 Å². The maximum absolute atomic E-state index is 5.51. The largest absolute Gasteiger partial charge is 0.295 e. The van der Waals surface area contributed by atoms with E-state index in [9.17, 15) is 0 Å². The molecule has 0 saturated heterocycles. The van der Waals surface area contributed by atoms with Gasteiger partial charge in [0.25, 0.3) is 0 Å². The predicted octanol–water partition coefficient (Wildman–Crippen LogP) is 8.99. The number of imidazole rings is 1. The lowest BCUT2D eigenvalue weighted by atomic mass is 9.31. The maximum Gasteiger partial charge on any atom is 0.243 e. The molecule has 2 aliphatic rings. The lowest BCUT2D eigenvalue weighted by Crippen LogP contribution is -2.59. The van der Waals surface area contributed by atoms with E-state index in [1.807, 2.05) is 0 Å². The summed E-state index contributed by atoms with van der Waals surface area (Å²) in [7, 11) is 0. The number of hydrogen-bond acceptors (Lipinski definition) is 1. The molecule has 3 heteroatoms. The van der Waals surface area contributed by atoms with Crippen molar-refractivity contribution in [2.45, 2.75) is 5.92 Å². The molecule has 8 aromatic carbocycles. The van der Waals surface area contributed by atoms with Crippen LogP contribution in [0, 0.1) is 0 Å². The summed E-state index contributed by atoms with van der Waals surface area (Å²) in [4.78, 5) is 5.51. The molecule has 0 aliphatic carbocycles. The van der Waals surface area contributed by atoms with Gasteiger partial charge in [-0.15, -0.1) is 0 Å². The number of benzene rings is 8. The Hall–Kier alpha value is -6.19. The molecule has 0 spiro atoms. The number of fused-ring (bicyclic) bond motifs is 8. The van der Waals surface area contributed by atoms with Crippen LogP contribution in [0.2, 0.25) is 0 Å². The van der Waals surface area contributed by atoms with Crippen molar-refractivity contribution in [1.82, 2.24) is 9.55 Å². The Labute approximate surface area is 285 Å². The van der Waals surface area contributed by atoms with Gasteiger partial charge >= 0.3 is 0 Å². The lowest BCUT2D eigenvalue weighted by molar-refractivity contribution is 0.828. The van der Waals surface area contributed by atoms with Gasteiger partial charge in [0.2, 0.25) is 6.71 Å². The fourth-order valence-electron chi connectivity index (χ4n) is 8.94. The van der Waals surface area contributed by atoms with Gasteiger partial charge < -0.3 is 0 Å². The fraction of sp³-hybridized carbons (Fsp3) is 0.0217. The quantitative estimate of drug-likeness (QED) is 0.180. The molecular formula is C46H29BN2. The van der Waals surface area contributed by atoms with Gasteiger partial charge in [-0.3, -0.25) is 4.57 Å². The Balaban J connectivity index is 1.28. The minimum absolute atomic E-state index is 0.0145. The fourth-order valence-corrected chi connectivity index (χ4v) is 8.94. The van der Waals surface area contributed by atoms with Crippen LogP contribution in [0.4, 0.5) is 0 Å². The van der Waals surface area contributed by atoms with Crippen LogP contribution < -0.4 is 16.4 Å². The van der Waals surface area contributed by atoms with Crippen molar-refractivity contribution in [2.24, 2.45) is 0 Å². The monoisotopic (exact) mass is 620 g/mol. The zero-order valence-corrected chi connectivity index (χ0v) is 26.7. The third kappa shape index (κ3) is 3.76. The summed E-state index contributed by atoms with van der Waals surface area (Å²) in [5.41, 5.74) is 15.2. The first-order valence-corrected chi connectivity index (χ1v) is 17.1. The molecule has 0 N–H and O–H groups in total. The van der Waals surface area contributed by atoms with Crippen LogP contribution in [0.25, 0.3) is 60.5 Å². The van der Waals surface area contributed by atoms with Gasteiger partial charge in [0.15, 0.2) is 0 Å². The van der Waals surface area contributed by atoms with Crippen LogP contribution in [0.15, 0.2) is 170 Å². The molecule has 0 radical (unpaired) electrons. The van der Waals surface area contributed by atoms with Crippen LogP contribution in [-0.4, -0.2) is 16.3 Å². The molecule has 0 saturated carbocycles. The van der Waals surface area contributed by atoms with E-state index in [0.717, 1.165) is 16.9 Å². The van der Waals surface area contributed by atoms with Crippen LogP contribution >= 0.6 is 0 Å². The topological polar surface area (TPSA) is 17.8 Å². The van der Waals surface area contributed by atoms with Crippen LogP contribution in [0.3, 0.4) is 0 Å². The van der Waals surface area contributed by atoms with Crippen LogP contribution in [0.5, 0.6) is 0 Å². The molecule has 1 atom stereocenters. The Morgan fingerprint density at radius 1 is 0.510 bits per heavy atom. The zero-order valence-electron chi connectivity index (χ0n) is 26.7. The second-order valence-corrected chi connectivity index (χ2v) is 13.4. The van der Waals surface area contributed by atoms with Gasteiger partial charge in [-0.1, -0.05) is 168 Å². The van der Waals surface area contributed by atoms with E-state index in [2.05, 4.69) is 174 Å². The first-order valence-electron chi connectivity index (χ1n) is 17.1. The smallest absolute Gasteiger partial charge is 0.243 e. The Morgan fingerprint density at radius 2 is 1.14 bits per heavy atom. The van der Waals surface area contributed by atoms with Gasteiger partial charge in [-0.25, -0.2) is 4.98 Å². The summed E-state index contributed by atoms with van der Waals surface area (Å²) < 4.78 is 2.45. The van der Waals surface area contributed by atoms with E-state index >= 15 is 0 Å². The second kappa shape index (κ2) is 10.2. The van der Waals surface area contributed by atoms with E-state index in [-0.39, 0.29) is 12.6 Å². The summed E-state index contributed by atoms with van der Waals surface area (Å²) in [5.74, 6) is 1.11. The molecule has 3 heterocycles. The van der Waals surface area contributed by atoms with Crippen molar-refractivity contribution < 1.29 is 0 Å². The van der Waals surface area contributed by atoms with E-state index in [0.29, 0.717) is 0 Å². The molecule has 1 aromatic heterocycles. The molecule has 1 unspecified atom stereocenters. The number of rotatable bonds is 3. The second-order valence-electron chi connectivity index (χ2n) is 13.4. The summed E-state index contributed by atoms with van der Waals surface area (Å²) >= 11 is 0. The van der Waals surface area contributed by atoms with E-state index in [4.69, 9.17) is 4.98 Å². The molecular weight excluding hydrogens is 591 g/mol. The molecule has 49 heavy (non-hydrogen) atoms. The summed E-state index contributed by atoms with van der Waals surface area (Å²) in [6.07, 6.45) is 0. The van der Waals surface area contributed by atoms with Gasteiger partial charge in [-0.2, -0.15) is 0 Å². The molecule has 11 rings (SSSR count). The van der Waals surface area contributed by atoms with Gasteiger partial charge in [0.05, 0.1) is 22.6 Å². The van der Waals surface area contributed by atoms with Gasteiger partial charge in [0, 0.05) is 5.39 Å². The minimum atomic E-state index is 0.0145. The Bertz CT molecular complexity index is 2720. The SMILES string of the molecule is c1ccc(-c2cccc(-c3ccccc3)c2B2c3ccccc3C3c4c2ccc2cccc(c42)-n2c3nc3cc4ccccc4cc32)cc1. The first kappa shape index (κ1) is 26.8.